The number of carbonyl (C=O) groups excluding carboxylic acids is 1. The molecule has 0 spiro atoms. The van der Waals surface area contributed by atoms with Crippen LogP contribution >= 0.6 is 0 Å². The summed E-state index contributed by atoms with van der Waals surface area (Å²) in [7, 11) is 3.68. The molecule has 110 valence electrons. The molecule has 4 heteroatoms. The van der Waals surface area contributed by atoms with Crippen molar-refractivity contribution in [2.24, 2.45) is 0 Å². The van der Waals surface area contributed by atoms with Crippen molar-refractivity contribution in [3.05, 3.63) is 11.8 Å². The van der Waals surface area contributed by atoms with Crippen LogP contribution in [0.15, 0.2) is 11.8 Å². The molecule has 0 radical (unpaired) electrons. The molecule has 0 atom stereocenters. The van der Waals surface area contributed by atoms with Crippen LogP contribution in [0.1, 0.15) is 47.5 Å². The lowest BCUT2D eigenvalue weighted by atomic mass is 9.77. The first-order chi connectivity index (χ1) is 8.64. The van der Waals surface area contributed by atoms with Gasteiger partial charge in [0.05, 0.1) is 7.11 Å². The van der Waals surface area contributed by atoms with E-state index in [9.17, 15) is 4.79 Å². The van der Waals surface area contributed by atoms with E-state index in [1.807, 2.05) is 0 Å². The number of methoxy groups -OCH3 is 1. The number of amides is 1. The van der Waals surface area contributed by atoms with Gasteiger partial charge in [-0.2, -0.15) is 0 Å². The van der Waals surface area contributed by atoms with Crippen molar-refractivity contribution in [1.82, 2.24) is 10.2 Å². The maximum atomic E-state index is 12.1. The van der Waals surface area contributed by atoms with E-state index in [0.29, 0.717) is 5.76 Å². The molecule has 1 rings (SSSR count). The average Bonchev–Trinajstić information content (AvgIpc) is 2.26. The second kappa shape index (κ2) is 5.53. The number of ether oxygens (including phenoxy) is 1. The van der Waals surface area contributed by atoms with Gasteiger partial charge in [-0.15, -0.1) is 0 Å². The number of rotatable bonds is 3. The van der Waals surface area contributed by atoms with Crippen molar-refractivity contribution >= 4 is 5.91 Å². The zero-order valence-corrected chi connectivity index (χ0v) is 13.3. The molecule has 1 saturated heterocycles. The third kappa shape index (κ3) is 3.50. The maximum absolute atomic E-state index is 12.1. The number of hydrogen-bond donors (Lipinski definition) is 1. The van der Waals surface area contributed by atoms with Gasteiger partial charge >= 0.3 is 0 Å². The van der Waals surface area contributed by atoms with Crippen LogP contribution in [0.3, 0.4) is 0 Å². The fourth-order valence-corrected chi connectivity index (χ4v) is 3.07. The van der Waals surface area contributed by atoms with Crippen molar-refractivity contribution < 1.29 is 9.53 Å². The Morgan fingerprint density at radius 3 is 2.11 bits per heavy atom. The van der Waals surface area contributed by atoms with Crippen molar-refractivity contribution in [2.75, 3.05) is 14.2 Å². The first-order valence-corrected chi connectivity index (χ1v) is 6.89. The van der Waals surface area contributed by atoms with Crippen LogP contribution in [0.2, 0.25) is 0 Å². The molecule has 0 aromatic heterocycles. The Morgan fingerprint density at radius 2 is 1.74 bits per heavy atom. The molecular weight excluding hydrogens is 240 g/mol. The lowest BCUT2D eigenvalue weighted by Crippen LogP contribution is -2.62. The quantitative estimate of drug-likeness (QED) is 0.631. The summed E-state index contributed by atoms with van der Waals surface area (Å²) in [6.45, 7) is 10.7. The van der Waals surface area contributed by atoms with E-state index in [-0.39, 0.29) is 23.0 Å². The minimum absolute atomic E-state index is 0.0723. The maximum Gasteiger partial charge on any atom is 0.286 e. The molecule has 1 aliphatic heterocycles. The van der Waals surface area contributed by atoms with Gasteiger partial charge in [0, 0.05) is 17.1 Å². The van der Waals surface area contributed by atoms with Crippen molar-refractivity contribution in [3.8, 4) is 0 Å². The summed E-state index contributed by atoms with van der Waals surface area (Å²) < 4.78 is 5.07. The number of piperidine rings is 1. The first-order valence-electron chi connectivity index (χ1n) is 6.89. The van der Waals surface area contributed by atoms with Crippen LogP contribution in [0, 0.1) is 0 Å². The predicted molar refractivity (Wildman–Crippen MR) is 77.9 cm³/mol. The molecule has 0 aromatic rings. The summed E-state index contributed by atoms with van der Waals surface area (Å²) in [5.41, 5.74) is 0.145. The van der Waals surface area contributed by atoms with E-state index in [0.717, 1.165) is 12.8 Å². The Hall–Kier alpha value is -1.03. The van der Waals surface area contributed by atoms with Crippen LogP contribution in [0.4, 0.5) is 0 Å². The van der Waals surface area contributed by atoms with Crippen molar-refractivity contribution in [2.45, 2.75) is 64.6 Å². The molecule has 1 N–H and O–H groups in total. The Morgan fingerprint density at radius 1 is 1.26 bits per heavy atom. The molecule has 1 heterocycles. The van der Waals surface area contributed by atoms with Gasteiger partial charge in [-0.3, -0.25) is 9.69 Å². The zero-order valence-electron chi connectivity index (χ0n) is 13.3. The molecule has 1 fully saturated rings. The summed E-state index contributed by atoms with van der Waals surface area (Å²) in [5.74, 6) is 0.265. The molecule has 0 saturated carbocycles. The normalized spacial score (nSPS) is 24.1. The fraction of sp³-hybridized carbons (Fsp3) is 0.800. The largest absolute Gasteiger partial charge is 0.491 e. The van der Waals surface area contributed by atoms with Gasteiger partial charge in [0.15, 0.2) is 5.76 Å². The lowest BCUT2D eigenvalue weighted by Gasteiger charge is -2.53. The summed E-state index contributed by atoms with van der Waals surface area (Å²) >= 11 is 0. The highest BCUT2D eigenvalue weighted by Gasteiger charge is 2.43. The molecule has 0 aromatic carbocycles. The van der Waals surface area contributed by atoms with Crippen LogP contribution in [-0.4, -0.2) is 42.1 Å². The van der Waals surface area contributed by atoms with Crippen LogP contribution in [0.5, 0.6) is 0 Å². The molecule has 0 aliphatic carbocycles. The molecule has 0 bridgehead atoms. The van der Waals surface area contributed by atoms with Gasteiger partial charge in [-0.25, -0.2) is 0 Å². The SMILES string of the molecule is C/C=C(\OC)C(=O)NC1CC(C)(C)N(C)C(C)(C)C1. The van der Waals surface area contributed by atoms with Crippen molar-refractivity contribution in [3.63, 3.8) is 0 Å². The van der Waals surface area contributed by atoms with Gasteiger partial charge in [0.25, 0.3) is 5.91 Å². The number of nitrogens with one attached hydrogen (secondary N) is 1. The Balaban J connectivity index is 2.79. The summed E-state index contributed by atoms with van der Waals surface area (Å²) in [6, 6.07) is 0.179. The lowest BCUT2D eigenvalue weighted by molar-refractivity contribution is -0.122. The van der Waals surface area contributed by atoms with E-state index in [2.05, 4.69) is 45.0 Å². The second-order valence-corrected chi connectivity index (χ2v) is 6.62. The standard InChI is InChI=1S/C15H28N2O2/c1-8-12(19-7)13(18)16-11-9-14(2,3)17(6)15(4,5)10-11/h8,11H,9-10H2,1-7H3,(H,16,18)/b12-8-. The average molecular weight is 268 g/mol. The number of allylic oxidation sites excluding steroid dienone is 1. The smallest absolute Gasteiger partial charge is 0.286 e. The monoisotopic (exact) mass is 268 g/mol. The van der Waals surface area contributed by atoms with Crippen LogP contribution in [0.25, 0.3) is 0 Å². The van der Waals surface area contributed by atoms with Crippen LogP contribution in [-0.2, 0) is 9.53 Å². The number of nitrogens with zero attached hydrogens (tertiary/aromatic N) is 1. The zero-order chi connectivity index (χ0) is 14.8. The molecule has 0 unspecified atom stereocenters. The molecule has 1 amide bonds. The fourth-order valence-electron chi connectivity index (χ4n) is 3.07. The van der Waals surface area contributed by atoms with Gasteiger partial charge < -0.3 is 10.1 Å². The van der Waals surface area contributed by atoms with E-state index in [4.69, 9.17) is 4.74 Å². The minimum atomic E-state index is -0.119. The summed E-state index contributed by atoms with van der Waals surface area (Å²) in [6.07, 6.45) is 3.58. The number of carbonyl (C=O) groups is 1. The summed E-state index contributed by atoms with van der Waals surface area (Å²) in [4.78, 5) is 14.5. The minimum Gasteiger partial charge on any atom is -0.491 e. The van der Waals surface area contributed by atoms with Gasteiger partial charge in [-0.1, -0.05) is 0 Å². The Labute approximate surface area is 117 Å². The van der Waals surface area contributed by atoms with Gasteiger partial charge in [0.1, 0.15) is 0 Å². The van der Waals surface area contributed by atoms with E-state index >= 15 is 0 Å². The molecule has 1 aliphatic rings. The number of hydrogen-bond acceptors (Lipinski definition) is 3. The highest BCUT2D eigenvalue weighted by molar-refractivity contribution is 5.91. The van der Waals surface area contributed by atoms with Gasteiger partial charge in [0.2, 0.25) is 0 Å². The Bertz CT molecular complexity index is 354. The van der Waals surface area contributed by atoms with Crippen molar-refractivity contribution in [1.29, 1.82) is 0 Å². The highest BCUT2D eigenvalue weighted by Crippen LogP contribution is 2.36. The Kier molecular flexibility index (Phi) is 4.67. The molecule has 19 heavy (non-hydrogen) atoms. The first kappa shape index (κ1) is 16.0. The van der Waals surface area contributed by atoms with Crippen LogP contribution < -0.4 is 5.32 Å². The third-order valence-electron chi connectivity index (χ3n) is 4.35. The molecular formula is C15H28N2O2. The predicted octanol–water partition coefficient (Wildman–Crippen LogP) is 2.30. The highest BCUT2D eigenvalue weighted by atomic mass is 16.5. The second-order valence-electron chi connectivity index (χ2n) is 6.62. The summed E-state index contributed by atoms with van der Waals surface area (Å²) in [5, 5.41) is 3.09. The topological polar surface area (TPSA) is 41.6 Å². The van der Waals surface area contributed by atoms with Gasteiger partial charge in [-0.05, 0) is 60.6 Å². The van der Waals surface area contributed by atoms with E-state index < -0.39 is 0 Å². The van der Waals surface area contributed by atoms with E-state index in [1.54, 1.807) is 13.0 Å². The van der Waals surface area contributed by atoms with E-state index in [1.165, 1.54) is 7.11 Å². The molecule has 4 nitrogen and oxygen atoms in total. The number of likely N-dealkylation sites (tertiary alicyclic amines) is 1. The third-order valence-corrected chi connectivity index (χ3v) is 4.35.